The summed E-state index contributed by atoms with van der Waals surface area (Å²) in [6.07, 6.45) is -3.20. The molecule has 0 N–H and O–H groups in total. The molecule has 0 fully saturated rings. The predicted octanol–water partition coefficient (Wildman–Crippen LogP) is 4.98. The highest BCUT2D eigenvalue weighted by Gasteiger charge is 2.38. The number of aryl methyl sites for hydroxylation is 2. The van der Waals surface area contributed by atoms with Crippen LogP contribution in [0.3, 0.4) is 0 Å². The average molecular weight is 411 g/mol. The van der Waals surface area contributed by atoms with Crippen molar-refractivity contribution in [3.63, 3.8) is 0 Å². The topological polar surface area (TPSA) is 69.7 Å². The summed E-state index contributed by atoms with van der Waals surface area (Å²) >= 11 is 0. The van der Waals surface area contributed by atoms with Gasteiger partial charge in [0, 0.05) is 12.0 Å². The third kappa shape index (κ3) is 5.07. The number of ether oxygens (including phenoxy) is 2. The van der Waals surface area contributed by atoms with Gasteiger partial charge in [-0.2, -0.15) is 18.2 Å². The summed E-state index contributed by atoms with van der Waals surface area (Å²) in [5.41, 5.74) is 2.01. The summed E-state index contributed by atoms with van der Waals surface area (Å²) in [7, 11) is 0. The number of alkyl halides is 3. The van der Waals surface area contributed by atoms with Crippen LogP contribution in [0.1, 0.15) is 43.7 Å². The number of aromatic nitrogens is 2. The Hall–Kier alpha value is -2.58. The normalized spacial score (nSPS) is 16.8. The first kappa shape index (κ1) is 21.1. The van der Waals surface area contributed by atoms with Crippen LogP contribution in [0.5, 0.6) is 5.75 Å². The van der Waals surface area contributed by atoms with Crippen LogP contribution in [0, 0.1) is 19.8 Å². The van der Waals surface area contributed by atoms with Gasteiger partial charge in [-0.3, -0.25) is 0 Å². The van der Waals surface area contributed by atoms with Gasteiger partial charge in [0.05, 0.1) is 12.6 Å². The summed E-state index contributed by atoms with van der Waals surface area (Å²) in [5.74, 6) is 0.460. The monoisotopic (exact) mass is 411 g/mol. The lowest BCUT2D eigenvalue weighted by atomic mass is 10.1. The lowest BCUT2D eigenvalue weighted by Gasteiger charge is -2.13. The third-order valence-electron chi connectivity index (χ3n) is 4.67. The summed E-state index contributed by atoms with van der Waals surface area (Å²) in [5, 5.41) is 3.43. The molecule has 29 heavy (non-hydrogen) atoms. The molecule has 2 heterocycles. The van der Waals surface area contributed by atoms with E-state index in [2.05, 4.69) is 33.5 Å². The third-order valence-corrected chi connectivity index (χ3v) is 4.67. The molecule has 1 aromatic carbocycles. The second-order valence-corrected chi connectivity index (χ2v) is 7.46. The summed E-state index contributed by atoms with van der Waals surface area (Å²) in [4.78, 5) is 8.00. The number of nitrogens with zero attached hydrogens (tertiary/aromatic N) is 3. The first-order valence-electron chi connectivity index (χ1n) is 9.50. The molecular formula is C20H24F3N3O3. The number of hydrogen-bond acceptors (Lipinski definition) is 6. The van der Waals surface area contributed by atoms with Crippen molar-refractivity contribution < 1.29 is 27.2 Å². The minimum Gasteiger partial charge on any atom is -0.493 e. The minimum atomic E-state index is -4.67. The molecule has 158 valence electrons. The smallest absolute Gasteiger partial charge is 0.471 e. The molecule has 0 aliphatic carbocycles. The fourth-order valence-electron chi connectivity index (χ4n) is 3.08. The molecule has 0 saturated heterocycles. The molecule has 1 atom stereocenters. The van der Waals surface area contributed by atoms with Crippen molar-refractivity contribution >= 4 is 5.90 Å². The molecule has 1 aliphatic rings. The fourth-order valence-corrected chi connectivity index (χ4v) is 3.08. The van der Waals surface area contributed by atoms with Gasteiger partial charge in [-0.1, -0.05) is 19.0 Å². The highest BCUT2D eigenvalue weighted by Crippen LogP contribution is 2.32. The molecular weight excluding hydrogens is 387 g/mol. The number of aliphatic imine (C=N–C) groups is 1. The highest BCUT2D eigenvalue weighted by molar-refractivity contribution is 5.77. The zero-order valence-electron chi connectivity index (χ0n) is 16.8. The van der Waals surface area contributed by atoms with Gasteiger partial charge < -0.3 is 14.0 Å². The summed E-state index contributed by atoms with van der Waals surface area (Å²) in [6, 6.07) is 3.60. The van der Waals surface area contributed by atoms with E-state index >= 15 is 0 Å². The molecule has 9 heteroatoms. The molecule has 6 nitrogen and oxygen atoms in total. The van der Waals surface area contributed by atoms with E-state index in [1.807, 2.05) is 13.8 Å². The van der Waals surface area contributed by atoms with Crippen molar-refractivity contribution in [2.24, 2.45) is 10.9 Å². The Morgan fingerprint density at radius 1 is 1.21 bits per heavy atom. The van der Waals surface area contributed by atoms with Crippen molar-refractivity contribution in [2.45, 2.75) is 52.8 Å². The van der Waals surface area contributed by atoms with E-state index < -0.39 is 12.1 Å². The van der Waals surface area contributed by atoms with Crippen LogP contribution in [-0.2, 0) is 10.9 Å². The minimum absolute atomic E-state index is 0.105. The lowest BCUT2D eigenvalue weighted by Crippen LogP contribution is -2.13. The van der Waals surface area contributed by atoms with Gasteiger partial charge in [0.2, 0.25) is 5.82 Å². The second kappa shape index (κ2) is 8.42. The predicted molar refractivity (Wildman–Crippen MR) is 101 cm³/mol. The Balaban J connectivity index is 1.60. The van der Waals surface area contributed by atoms with Crippen LogP contribution in [0.25, 0.3) is 11.4 Å². The summed E-state index contributed by atoms with van der Waals surface area (Å²) < 4.78 is 53.8. The zero-order chi connectivity index (χ0) is 21.2. The maximum Gasteiger partial charge on any atom is 0.471 e. The van der Waals surface area contributed by atoms with E-state index in [1.54, 1.807) is 12.1 Å². The van der Waals surface area contributed by atoms with Gasteiger partial charge in [-0.05, 0) is 49.4 Å². The molecule has 3 rings (SSSR count). The van der Waals surface area contributed by atoms with Crippen LogP contribution in [-0.4, -0.2) is 35.3 Å². The average Bonchev–Trinajstić information content (AvgIpc) is 3.29. The largest absolute Gasteiger partial charge is 0.493 e. The SMILES string of the molecule is Cc1cc(-c2noc(C(F)(F)F)n2)cc(C)c1OCCCC1=NC(C(C)C)CO1. The Labute approximate surface area is 167 Å². The Morgan fingerprint density at radius 3 is 2.45 bits per heavy atom. The van der Waals surface area contributed by atoms with Crippen molar-refractivity contribution in [1.82, 2.24) is 10.1 Å². The Bertz CT molecular complexity index is 868. The number of hydrogen-bond donors (Lipinski definition) is 0. The fraction of sp³-hybridized carbons (Fsp3) is 0.550. The van der Waals surface area contributed by atoms with Crippen LogP contribution in [0.15, 0.2) is 21.6 Å². The molecule has 1 unspecified atom stereocenters. The van der Waals surface area contributed by atoms with E-state index in [0.29, 0.717) is 36.9 Å². The molecule has 1 aliphatic heterocycles. The molecule has 0 saturated carbocycles. The number of halogens is 3. The number of benzene rings is 1. The van der Waals surface area contributed by atoms with Crippen molar-refractivity contribution in [3.05, 3.63) is 29.2 Å². The van der Waals surface area contributed by atoms with Crippen LogP contribution >= 0.6 is 0 Å². The first-order chi connectivity index (χ1) is 13.6. The van der Waals surface area contributed by atoms with Gasteiger partial charge in [-0.25, -0.2) is 4.99 Å². The van der Waals surface area contributed by atoms with Gasteiger partial charge in [0.1, 0.15) is 12.4 Å². The van der Waals surface area contributed by atoms with E-state index in [-0.39, 0.29) is 11.9 Å². The molecule has 0 radical (unpaired) electrons. The van der Waals surface area contributed by atoms with Crippen molar-refractivity contribution in [2.75, 3.05) is 13.2 Å². The number of rotatable bonds is 7. The van der Waals surface area contributed by atoms with Crippen molar-refractivity contribution in [3.8, 4) is 17.1 Å². The van der Waals surface area contributed by atoms with Gasteiger partial charge in [-0.15, -0.1) is 0 Å². The summed E-state index contributed by atoms with van der Waals surface area (Å²) in [6.45, 7) is 9.02. The van der Waals surface area contributed by atoms with Gasteiger partial charge >= 0.3 is 12.1 Å². The van der Waals surface area contributed by atoms with Crippen LogP contribution in [0.2, 0.25) is 0 Å². The van der Waals surface area contributed by atoms with E-state index in [1.165, 1.54) is 0 Å². The first-order valence-corrected chi connectivity index (χ1v) is 9.50. The van der Waals surface area contributed by atoms with E-state index in [9.17, 15) is 13.2 Å². The molecule has 0 bridgehead atoms. The molecule has 1 aromatic heterocycles. The van der Waals surface area contributed by atoms with E-state index in [0.717, 1.165) is 23.4 Å². The Morgan fingerprint density at radius 2 is 1.90 bits per heavy atom. The van der Waals surface area contributed by atoms with Crippen LogP contribution in [0.4, 0.5) is 13.2 Å². The van der Waals surface area contributed by atoms with Gasteiger partial charge in [0.15, 0.2) is 5.90 Å². The standard InChI is InChI=1S/C20H24F3N3O3/c1-11(2)15-10-28-16(24-15)6-5-7-27-17-12(3)8-14(9-13(17)4)18-25-19(29-26-18)20(21,22)23/h8-9,11,15H,5-7,10H2,1-4H3. The second-order valence-electron chi connectivity index (χ2n) is 7.46. The Kier molecular flexibility index (Phi) is 6.14. The molecule has 0 amide bonds. The quantitative estimate of drug-likeness (QED) is 0.601. The van der Waals surface area contributed by atoms with Crippen LogP contribution < -0.4 is 4.74 Å². The molecule has 2 aromatic rings. The van der Waals surface area contributed by atoms with Gasteiger partial charge in [0.25, 0.3) is 0 Å². The highest BCUT2D eigenvalue weighted by atomic mass is 19.4. The maximum atomic E-state index is 12.7. The zero-order valence-corrected chi connectivity index (χ0v) is 16.8. The lowest BCUT2D eigenvalue weighted by molar-refractivity contribution is -0.159. The van der Waals surface area contributed by atoms with Crippen molar-refractivity contribution in [1.29, 1.82) is 0 Å². The molecule has 0 spiro atoms. The maximum absolute atomic E-state index is 12.7. The van der Waals surface area contributed by atoms with E-state index in [4.69, 9.17) is 9.47 Å².